The third-order valence-corrected chi connectivity index (χ3v) is 2.79. The second-order valence-electron chi connectivity index (χ2n) is 4.72. The average Bonchev–Trinajstić information content (AvgIpc) is 2.41. The van der Waals surface area contributed by atoms with E-state index in [-0.39, 0.29) is 12.6 Å². The molecule has 19 heavy (non-hydrogen) atoms. The Morgan fingerprint density at radius 2 is 2.00 bits per heavy atom. The van der Waals surface area contributed by atoms with Crippen molar-refractivity contribution in [2.45, 2.75) is 38.8 Å². The Hall–Kier alpha value is -1.10. The maximum Gasteiger partial charge on any atom is 0.124 e. The van der Waals surface area contributed by atoms with Gasteiger partial charge in [-0.05, 0) is 19.4 Å². The molecule has 0 radical (unpaired) electrons. The molecule has 0 saturated carbocycles. The van der Waals surface area contributed by atoms with E-state index < -0.39 is 6.10 Å². The lowest BCUT2D eigenvalue weighted by molar-refractivity contribution is 0.0111. The smallest absolute Gasteiger partial charge is 0.124 e. The fourth-order valence-electron chi connectivity index (χ4n) is 1.69. The maximum absolute atomic E-state index is 9.76. The summed E-state index contributed by atoms with van der Waals surface area (Å²) >= 11 is 0. The lowest BCUT2D eigenvalue weighted by atomic mass is 10.1. The third kappa shape index (κ3) is 6.05. The van der Waals surface area contributed by atoms with E-state index in [2.05, 4.69) is 6.92 Å². The predicted molar refractivity (Wildman–Crippen MR) is 76.3 cm³/mol. The Labute approximate surface area is 115 Å². The van der Waals surface area contributed by atoms with Crippen LogP contribution >= 0.6 is 0 Å². The molecule has 0 heterocycles. The molecule has 1 rings (SSSR count). The van der Waals surface area contributed by atoms with Crippen molar-refractivity contribution in [1.29, 1.82) is 0 Å². The summed E-state index contributed by atoms with van der Waals surface area (Å²) in [6.07, 6.45) is 1.49. The summed E-state index contributed by atoms with van der Waals surface area (Å²) in [4.78, 5) is 0. The van der Waals surface area contributed by atoms with Crippen LogP contribution in [0.2, 0.25) is 0 Å². The lowest BCUT2D eigenvalue weighted by Crippen LogP contribution is -2.24. The van der Waals surface area contributed by atoms with Crippen molar-refractivity contribution in [3.8, 4) is 5.75 Å². The van der Waals surface area contributed by atoms with Gasteiger partial charge in [0.1, 0.15) is 18.5 Å². The van der Waals surface area contributed by atoms with Crippen molar-refractivity contribution in [2.24, 2.45) is 5.73 Å². The molecular formula is C15H25NO3. The van der Waals surface area contributed by atoms with Gasteiger partial charge in [-0.3, -0.25) is 0 Å². The van der Waals surface area contributed by atoms with Gasteiger partial charge in [0.2, 0.25) is 0 Å². The van der Waals surface area contributed by atoms with Crippen molar-refractivity contribution in [3.63, 3.8) is 0 Å². The summed E-state index contributed by atoms with van der Waals surface area (Å²) in [5.74, 6) is 0.727. The maximum atomic E-state index is 9.76. The van der Waals surface area contributed by atoms with Crippen LogP contribution < -0.4 is 10.5 Å². The second kappa shape index (κ2) is 8.91. The number of benzene rings is 1. The molecule has 1 aromatic carbocycles. The average molecular weight is 267 g/mol. The Balaban J connectivity index is 2.35. The number of ether oxygens (including phenoxy) is 2. The van der Waals surface area contributed by atoms with Crippen molar-refractivity contribution >= 4 is 0 Å². The lowest BCUT2D eigenvalue weighted by Gasteiger charge is -2.16. The fourth-order valence-corrected chi connectivity index (χ4v) is 1.69. The molecule has 0 aliphatic heterocycles. The fraction of sp³-hybridized carbons (Fsp3) is 0.600. The van der Waals surface area contributed by atoms with Gasteiger partial charge in [-0.25, -0.2) is 0 Å². The van der Waals surface area contributed by atoms with Crippen LogP contribution in [0.3, 0.4) is 0 Å². The van der Waals surface area contributed by atoms with Crippen LogP contribution in [0.1, 0.15) is 38.3 Å². The second-order valence-corrected chi connectivity index (χ2v) is 4.72. The van der Waals surface area contributed by atoms with E-state index >= 15 is 0 Å². The molecule has 0 bridgehead atoms. The normalized spacial score (nSPS) is 14.1. The number of para-hydroxylation sites is 1. The zero-order chi connectivity index (χ0) is 14.1. The summed E-state index contributed by atoms with van der Waals surface area (Å²) in [5, 5.41) is 9.76. The van der Waals surface area contributed by atoms with E-state index in [1.54, 1.807) is 0 Å². The molecule has 0 spiro atoms. The topological polar surface area (TPSA) is 64.7 Å². The first kappa shape index (κ1) is 16.0. The zero-order valence-corrected chi connectivity index (χ0v) is 11.8. The summed E-state index contributed by atoms with van der Waals surface area (Å²) in [5.41, 5.74) is 6.81. The van der Waals surface area contributed by atoms with Gasteiger partial charge in [-0.1, -0.05) is 31.5 Å². The number of aliphatic hydroxyl groups is 1. The van der Waals surface area contributed by atoms with Crippen LogP contribution in [-0.2, 0) is 4.74 Å². The standard InChI is InChI=1S/C15H25NO3/c1-3-4-9-18-10-13(17)11-19-15-8-6-5-7-14(15)12(2)16/h5-8,12-13,17H,3-4,9-11,16H2,1-2H3. The first-order valence-electron chi connectivity index (χ1n) is 6.88. The van der Waals surface area contributed by atoms with Crippen LogP contribution in [-0.4, -0.2) is 31.0 Å². The summed E-state index contributed by atoms with van der Waals surface area (Å²) in [6.45, 7) is 5.22. The highest BCUT2D eigenvalue weighted by atomic mass is 16.5. The SMILES string of the molecule is CCCCOCC(O)COc1ccccc1C(C)N. The van der Waals surface area contributed by atoms with Crippen LogP contribution in [0.5, 0.6) is 5.75 Å². The van der Waals surface area contributed by atoms with Gasteiger partial charge in [0.25, 0.3) is 0 Å². The number of hydrogen-bond donors (Lipinski definition) is 2. The molecule has 2 unspecified atom stereocenters. The highest BCUT2D eigenvalue weighted by molar-refractivity contribution is 5.35. The molecule has 0 fully saturated rings. The third-order valence-electron chi connectivity index (χ3n) is 2.79. The molecule has 3 N–H and O–H groups in total. The predicted octanol–water partition coefficient (Wildman–Crippen LogP) is 2.26. The van der Waals surface area contributed by atoms with Gasteiger partial charge < -0.3 is 20.3 Å². The van der Waals surface area contributed by atoms with Gasteiger partial charge in [0.15, 0.2) is 0 Å². The van der Waals surface area contributed by atoms with Gasteiger partial charge in [-0.15, -0.1) is 0 Å². The number of unbranched alkanes of at least 4 members (excludes halogenated alkanes) is 1. The molecule has 0 aliphatic rings. The van der Waals surface area contributed by atoms with E-state index in [0.717, 1.165) is 24.2 Å². The molecule has 4 heteroatoms. The summed E-state index contributed by atoms with van der Waals surface area (Å²) in [7, 11) is 0. The van der Waals surface area contributed by atoms with Crippen molar-refractivity contribution < 1.29 is 14.6 Å². The number of rotatable bonds is 9. The Morgan fingerprint density at radius 1 is 1.26 bits per heavy atom. The van der Waals surface area contributed by atoms with E-state index in [9.17, 15) is 5.11 Å². The number of hydrogen-bond acceptors (Lipinski definition) is 4. The molecule has 108 valence electrons. The van der Waals surface area contributed by atoms with Crippen LogP contribution in [0.25, 0.3) is 0 Å². The minimum atomic E-state index is -0.613. The number of aliphatic hydroxyl groups excluding tert-OH is 1. The highest BCUT2D eigenvalue weighted by Crippen LogP contribution is 2.23. The van der Waals surface area contributed by atoms with Crippen LogP contribution in [0.15, 0.2) is 24.3 Å². The quantitative estimate of drug-likeness (QED) is 0.674. The molecular weight excluding hydrogens is 242 g/mol. The molecule has 0 amide bonds. The van der Waals surface area contributed by atoms with Crippen molar-refractivity contribution in [2.75, 3.05) is 19.8 Å². The minimum Gasteiger partial charge on any atom is -0.490 e. The Morgan fingerprint density at radius 3 is 2.68 bits per heavy atom. The molecule has 4 nitrogen and oxygen atoms in total. The van der Waals surface area contributed by atoms with Crippen molar-refractivity contribution in [3.05, 3.63) is 29.8 Å². The van der Waals surface area contributed by atoms with Crippen LogP contribution in [0, 0.1) is 0 Å². The minimum absolute atomic E-state index is 0.0888. The van der Waals surface area contributed by atoms with E-state index in [1.165, 1.54) is 0 Å². The molecule has 1 aromatic rings. The Bertz CT molecular complexity index is 355. The molecule has 0 aliphatic carbocycles. The molecule has 2 atom stereocenters. The van der Waals surface area contributed by atoms with E-state index in [1.807, 2.05) is 31.2 Å². The monoisotopic (exact) mass is 267 g/mol. The van der Waals surface area contributed by atoms with E-state index in [4.69, 9.17) is 15.2 Å². The first-order chi connectivity index (χ1) is 9.15. The summed E-state index contributed by atoms with van der Waals surface area (Å²) in [6, 6.07) is 7.53. The van der Waals surface area contributed by atoms with Gasteiger partial charge in [0.05, 0.1) is 6.61 Å². The molecule has 0 saturated heterocycles. The van der Waals surface area contributed by atoms with Gasteiger partial charge in [-0.2, -0.15) is 0 Å². The van der Waals surface area contributed by atoms with Crippen LogP contribution in [0.4, 0.5) is 0 Å². The molecule has 0 aromatic heterocycles. The summed E-state index contributed by atoms with van der Waals surface area (Å²) < 4.78 is 11.0. The first-order valence-corrected chi connectivity index (χ1v) is 6.88. The Kier molecular flexibility index (Phi) is 7.48. The van der Waals surface area contributed by atoms with Crippen molar-refractivity contribution in [1.82, 2.24) is 0 Å². The largest absolute Gasteiger partial charge is 0.490 e. The van der Waals surface area contributed by atoms with E-state index in [0.29, 0.717) is 13.2 Å². The number of nitrogens with two attached hydrogens (primary N) is 1. The van der Waals surface area contributed by atoms with Gasteiger partial charge in [0, 0.05) is 18.2 Å². The highest BCUT2D eigenvalue weighted by Gasteiger charge is 2.10. The zero-order valence-electron chi connectivity index (χ0n) is 11.8. The van der Waals surface area contributed by atoms with Gasteiger partial charge >= 0.3 is 0 Å².